The van der Waals surface area contributed by atoms with Gasteiger partial charge in [0.2, 0.25) is 0 Å². The standard InChI is InChI=1S/C15H16FN5O.ClH/c16-9-1-2-14(22)11(5-9)12-6-13-15(20-19-12)18-8-10-7-17-3-4-21(10)13;/h1-2,5-6,10,17,22H,3-4,7-8H2,(H,18,20);1H/t10-;/m1./s1. The molecular formula is C15H17ClFN5O. The number of nitrogens with zero attached hydrogens (tertiary/aromatic N) is 3. The van der Waals surface area contributed by atoms with Gasteiger partial charge in [-0.2, -0.15) is 0 Å². The van der Waals surface area contributed by atoms with Gasteiger partial charge in [0.15, 0.2) is 5.82 Å². The molecule has 0 spiro atoms. The molecule has 1 saturated heterocycles. The molecule has 1 atom stereocenters. The van der Waals surface area contributed by atoms with E-state index in [4.69, 9.17) is 0 Å². The highest BCUT2D eigenvalue weighted by atomic mass is 35.5. The lowest BCUT2D eigenvalue weighted by Crippen LogP contribution is -2.56. The van der Waals surface area contributed by atoms with E-state index in [0.717, 1.165) is 37.7 Å². The first-order valence-corrected chi connectivity index (χ1v) is 7.30. The Kier molecular flexibility index (Phi) is 4.23. The van der Waals surface area contributed by atoms with Gasteiger partial charge >= 0.3 is 0 Å². The summed E-state index contributed by atoms with van der Waals surface area (Å²) in [6.07, 6.45) is 0. The van der Waals surface area contributed by atoms with Crippen molar-refractivity contribution in [1.29, 1.82) is 0 Å². The third-order valence-corrected chi connectivity index (χ3v) is 4.17. The van der Waals surface area contributed by atoms with Gasteiger partial charge in [-0.3, -0.25) is 0 Å². The first-order valence-electron chi connectivity index (χ1n) is 7.30. The molecule has 0 aliphatic carbocycles. The molecular weight excluding hydrogens is 321 g/mol. The Balaban J connectivity index is 0.00000156. The molecule has 122 valence electrons. The minimum Gasteiger partial charge on any atom is -0.507 e. The lowest BCUT2D eigenvalue weighted by Gasteiger charge is -2.42. The molecule has 1 aromatic heterocycles. The van der Waals surface area contributed by atoms with Crippen molar-refractivity contribution in [2.24, 2.45) is 0 Å². The van der Waals surface area contributed by atoms with Crippen LogP contribution < -0.4 is 15.5 Å². The average Bonchev–Trinajstić information content (AvgIpc) is 2.56. The minimum atomic E-state index is -0.412. The van der Waals surface area contributed by atoms with E-state index in [9.17, 15) is 9.50 Å². The van der Waals surface area contributed by atoms with Crippen molar-refractivity contribution in [3.8, 4) is 17.0 Å². The quantitative estimate of drug-likeness (QED) is 0.734. The summed E-state index contributed by atoms with van der Waals surface area (Å²) in [5.74, 6) is 0.319. The number of nitrogens with one attached hydrogen (secondary N) is 2. The fraction of sp³-hybridized carbons (Fsp3) is 0.333. The summed E-state index contributed by atoms with van der Waals surface area (Å²) in [6.45, 7) is 3.53. The van der Waals surface area contributed by atoms with Crippen molar-refractivity contribution in [3.05, 3.63) is 30.1 Å². The van der Waals surface area contributed by atoms with Gasteiger partial charge < -0.3 is 20.6 Å². The zero-order chi connectivity index (χ0) is 15.1. The molecule has 3 heterocycles. The van der Waals surface area contributed by atoms with E-state index in [1.807, 2.05) is 6.07 Å². The molecule has 4 rings (SSSR count). The monoisotopic (exact) mass is 337 g/mol. The lowest BCUT2D eigenvalue weighted by molar-refractivity contribution is 0.474. The summed E-state index contributed by atoms with van der Waals surface area (Å²) >= 11 is 0. The largest absolute Gasteiger partial charge is 0.507 e. The van der Waals surface area contributed by atoms with Gasteiger partial charge in [-0.05, 0) is 24.3 Å². The molecule has 8 heteroatoms. The second kappa shape index (κ2) is 6.17. The van der Waals surface area contributed by atoms with Crippen molar-refractivity contribution in [2.75, 3.05) is 36.4 Å². The van der Waals surface area contributed by atoms with Crippen LogP contribution in [-0.2, 0) is 0 Å². The maximum atomic E-state index is 13.5. The van der Waals surface area contributed by atoms with E-state index in [0.29, 0.717) is 17.3 Å². The van der Waals surface area contributed by atoms with E-state index in [-0.39, 0.29) is 18.2 Å². The third-order valence-electron chi connectivity index (χ3n) is 4.17. The highest BCUT2D eigenvalue weighted by Gasteiger charge is 2.29. The number of rotatable bonds is 1. The van der Waals surface area contributed by atoms with Crippen LogP contribution in [-0.4, -0.2) is 47.5 Å². The van der Waals surface area contributed by atoms with E-state index in [2.05, 4.69) is 25.7 Å². The zero-order valence-electron chi connectivity index (χ0n) is 12.3. The van der Waals surface area contributed by atoms with Gasteiger partial charge in [-0.25, -0.2) is 4.39 Å². The first kappa shape index (κ1) is 15.8. The molecule has 2 aliphatic heterocycles. The summed E-state index contributed by atoms with van der Waals surface area (Å²) < 4.78 is 13.5. The molecule has 2 aliphatic rings. The number of phenolic OH excluding ortho intramolecular Hbond substituents is 1. The molecule has 6 nitrogen and oxygen atoms in total. The predicted octanol–water partition coefficient (Wildman–Crippen LogP) is 1.61. The summed E-state index contributed by atoms with van der Waals surface area (Å²) in [5, 5.41) is 24.9. The van der Waals surface area contributed by atoms with Gasteiger partial charge in [0, 0.05) is 31.7 Å². The molecule has 0 radical (unpaired) electrons. The summed E-state index contributed by atoms with van der Waals surface area (Å²) in [5.41, 5.74) is 1.77. The van der Waals surface area contributed by atoms with E-state index < -0.39 is 5.82 Å². The maximum absolute atomic E-state index is 13.5. The van der Waals surface area contributed by atoms with E-state index in [1.54, 1.807) is 0 Å². The van der Waals surface area contributed by atoms with Crippen LogP contribution in [0.25, 0.3) is 11.3 Å². The Morgan fingerprint density at radius 3 is 2.96 bits per heavy atom. The summed E-state index contributed by atoms with van der Waals surface area (Å²) in [6, 6.07) is 6.05. The van der Waals surface area contributed by atoms with Gasteiger partial charge in [0.05, 0.1) is 17.4 Å². The smallest absolute Gasteiger partial charge is 0.172 e. The normalized spacial score (nSPS) is 19.2. The highest BCUT2D eigenvalue weighted by Crippen LogP contribution is 2.35. The number of aromatic nitrogens is 2. The number of aromatic hydroxyl groups is 1. The fourth-order valence-electron chi connectivity index (χ4n) is 3.05. The van der Waals surface area contributed by atoms with Gasteiger partial charge in [0.25, 0.3) is 0 Å². The Hall–Kier alpha value is -2.12. The van der Waals surface area contributed by atoms with Crippen LogP contribution in [0.3, 0.4) is 0 Å². The fourth-order valence-corrected chi connectivity index (χ4v) is 3.05. The Labute approximate surface area is 139 Å². The Morgan fingerprint density at radius 1 is 1.22 bits per heavy atom. The van der Waals surface area contributed by atoms with Crippen molar-refractivity contribution < 1.29 is 9.50 Å². The van der Waals surface area contributed by atoms with Crippen molar-refractivity contribution in [1.82, 2.24) is 15.5 Å². The van der Waals surface area contributed by atoms with Crippen LogP contribution >= 0.6 is 12.4 Å². The van der Waals surface area contributed by atoms with Gasteiger partial charge in [0.1, 0.15) is 11.6 Å². The molecule has 3 N–H and O–H groups in total. The Morgan fingerprint density at radius 2 is 2.09 bits per heavy atom. The van der Waals surface area contributed by atoms with Crippen LogP contribution in [0.2, 0.25) is 0 Å². The molecule has 2 aromatic rings. The number of hydrogen-bond donors (Lipinski definition) is 3. The average molecular weight is 338 g/mol. The van der Waals surface area contributed by atoms with Crippen molar-refractivity contribution >= 4 is 23.9 Å². The number of hydrogen-bond acceptors (Lipinski definition) is 6. The number of piperazine rings is 1. The van der Waals surface area contributed by atoms with Crippen LogP contribution in [0.5, 0.6) is 5.75 Å². The van der Waals surface area contributed by atoms with Gasteiger partial charge in [-0.15, -0.1) is 22.6 Å². The summed E-state index contributed by atoms with van der Waals surface area (Å²) in [4.78, 5) is 2.29. The molecule has 0 saturated carbocycles. The topological polar surface area (TPSA) is 73.3 Å². The lowest BCUT2D eigenvalue weighted by atomic mass is 10.1. The minimum absolute atomic E-state index is 0. The third kappa shape index (κ3) is 2.77. The molecule has 0 bridgehead atoms. The molecule has 1 fully saturated rings. The molecule has 0 unspecified atom stereocenters. The maximum Gasteiger partial charge on any atom is 0.172 e. The molecule has 1 aromatic carbocycles. The summed E-state index contributed by atoms with van der Waals surface area (Å²) in [7, 11) is 0. The zero-order valence-corrected chi connectivity index (χ0v) is 13.1. The molecule has 23 heavy (non-hydrogen) atoms. The first-order chi connectivity index (χ1) is 10.7. The number of anilines is 2. The number of fused-ring (bicyclic) bond motifs is 3. The Bertz CT molecular complexity index is 729. The second-order valence-electron chi connectivity index (χ2n) is 5.56. The van der Waals surface area contributed by atoms with E-state index >= 15 is 0 Å². The van der Waals surface area contributed by atoms with Crippen LogP contribution in [0.1, 0.15) is 0 Å². The SMILES string of the molecule is Cl.Oc1ccc(F)cc1-c1cc2c(nn1)NC[C@H]1CNCCN21. The number of benzene rings is 1. The van der Waals surface area contributed by atoms with Crippen LogP contribution in [0.15, 0.2) is 24.3 Å². The highest BCUT2D eigenvalue weighted by molar-refractivity contribution is 5.85. The predicted molar refractivity (Wildman–Crippen MR) is 88.8 cm³/mol. The number of phenols is 1. The molecule has 0 amide bonds. The van der Waals surface area contributed by atoms with E-state index in [1.165, 1.54) is 18.2 Å². The second-order valence-corrected chi connectivity index (χ2v) is 5.56. The van der Waals surface area contributed by atoms with Crippen molar-refractivity contribution in [3.63, 3.8) is 0 Å². The van der Waals surface area contributed by atoms with Gasteiger partial charge in [-0.1, -0.05) is 0 Å². The van der Waals surface area contributed by atoms with Crippen LogP contribution in [0.4, 0.5) is 15.9 Å². The number of halogens is 2. The van der Waals surface area contributed by atoms with Crippen LogP contribution in [0, 0.1) is 5.82 Å². The van der Waals surface area contributed by atoms with Crippen molar-refractivity contribution in [2.45, 2.75) is 6.04 Å².